The number of halogens is 1. The van der Waals surface area contributed by atoms with E-state index in [1.54, 1.807) is 17.4 Å². The molecule has 0 aliphatic carbocycles. The van der Waals surface area contributed by atoms with Crippen LogP contribution in [0, 0.1) is 5.82 Å². The number of hydrogen-bond donors (Lipinski definition) is 2. The molecule has 5 heteroatoms. The zero-order chi connectivity index (χ0) is 13.0. The number of carbonyl (C=O) groups is 1. The van der Waals surface area contributed by atoms with Gasteiger partial charge in [-0.15, -0.1) is 11.3 Å². The van der Waals surface area contributed by atoms with Crippen LogP contribution < -0.4 is 11.1 Å². The van der Waals surface area contributed by atoms with Crippen molar-refractivity contribution in [3.05, 3.63) is 57.5 Å². The van der Waals surface area contributed by atoms with Gasteiger partial charge in [0, 0.05) is 29.1 Å². The molecule has 0 bridgehead atoms. The lowest BCUT2D eigenvalue weighted by molar-refractivity contribution is 0.1000. The van der Waals surface area contributed by atoms with E-state index in [1.807, 2.05) is 17.5 Å². The van der Waals surface area contributed by atoms with Crippen LogP contribution in [0.1, 0.15) is 20.8 Å². The van der Waals surface area contributed by atoms with E-state index in [0.29, 0.717) is 18.7 Å². The Bertz CT molecular complexity index is 540. The molecule has 0 radical (unpaired) electrons. The van der Waals surface area contributed by atoms with E-state index < -0.39 is 11.7 Å². The van der Waals surface area contributed by atoms with Crippen molar-refractivity contribution < 1.29 is 9.18 Å². The lowest BCUT2D eigenvalue weighted by Crippen LogP contribution is -2.15. The molecule has 3 nitrogen and oxygen atoms in total. The van der Waals surface area contributed by atoms with Crippen LogP contribution in [0.2, 0.25) is 0 Å². The van der Waals surface area contributed by atoms with Crippen LogP contribution in [-0.4, -0.2) is 5.91 Å². The fraction of sp³-hybridized carbons (Fsp3) is 0.154. The first-order chi connectivity index (χ1) is 8.66. The zero-order valence-corrected chi connectivity index (χ0v) is 10.5. The highest BCUT2D eigenvalue weighted by Gasteiger charge is 2.06. The third-order valence-electron chi connectivity index (χ3n) is 2.53. The van der Waals surface area contributed by atoms with E-state index in [2.05, 4.69) is 5.32 Å². The number of hydrogen-bond acceptors (Lipinski definition) is 3. The number of carbonyl (C=O) groups excluding carboxylic acids is 1. The minimum Gasteiger partial charge on any atom is -0.366 e. The van der Waals surface area contributed by atoms with E-state index in [4.69, 9.17) is 5.73 Å². The van der Waals surface area contributed by atoms with Crippen molar-refractivity contribution in [2.75, 3.05) is 0 Å². The van der Waals surface area contributed by atoms with Gasteiger partial charge >= 0.3 is 0 Å². The number of amides is 1. The Hall–Kier alpha value is -1.72. The van der Waals surface area contributed by atoms with Crippen molar-refractivity contribution >= 4 is 17.2 Å². The lowest BCUT2D eigenvalue weighted by atomic mass is 10.1. The van der Waals surface area contributed by atoms with Crippen molar-refractivity contribution in [2.45, 2.75) is 13.1 Å². The summed E-state index contributed by atoms with van der Waals surface area (Å²) in [5.74, 6) is -1.03. The van der Waals surface area contributed by atoms with Crippen LogP contribution in [-0.2, 0) is 13.1 Å². The molecular weight excluding hydrogens is 251 g/mol. The number of thiophene rings is 1. The predicted molar refractivity (Wildman–Crippen MR) is 69.8 cm³/mol. The van der Waals surface area contributed by atoms with Gasteiger partial charge in [-0.1, -0.05) is 12.1 Å². The Morgan fingerprint density at radius 2 is 2.17 bits per heavy atom. The maximum Gasteiger partial charge on any atom is 0.248 e. The molecule has 0 saturated carbocycles. The summed E-state index contributed by atoms with van der Waals surface area (Å²) in [5, 5.41) is 5.15. The van der Waals surface area contributed by atoms with E-state index in [0.717, 1.165) is 0 Å². The van der Waals surface area contributed by atoms with Crippen molar-refractivity contribution in [3.8, 4) is 0 Å². The van der Waals surface area contributed by atoms with E-state index in [-0.39, 0.29) is 5.56 Å². The first-order valence-corrected chi connectivity index (χ1v) is 6.36. The summed E-state index contributed by atoms with van der Waals surface area (Å²) in [7, 11) is 0. The molecule has 0 atom stereocenters. The Morgan fingerprint density at radius 3 is 2.78 bits per heavy atom. The molecular formula is C13H13FN2OS. The first kappa shape index (κ1) is 12.7. The zero-order valence-electron chi connectivity index (χ0n) is 9.65. The molecule has 1 amide bonds. The Balaban J connectivity index is 1.95. The smallest absolute Gasteiger partial charge is 0.248 e. The van der Waals surface area contributed by atoms with Crippen molar-refractivity contribution in [1.82, 2.24) is 5.32 Å². The number of rotatable bonds is 5. The quantitative estimate of drug-likeness (QED) is 0.870. The van der Waals surface area contributed by atoms with E-state index in [9.17, 15) is 9.18 Å². The van der Waals surface area contributed by atoms with Crippen LogP contribution in [0.15, 0.2) is 35.7 Å². The molecule has 2 rings (SSSR count). The third kappa shape index (κ3) is 3.15. The maximum atomic E-state index is 13.6. The first-order valence-electron chi connectivity index (χ1n) is 5.48. The second-order valence-electron chi connectivity index (χ2n) is 3.85. The third-order valence-corrected chi connectivity index (χ3v) is 3.41. The molecule has 0 aliphatic rings. The minimum absolute atomic E-state index is 0.189. The van der Waals surface area contributed by atoms with Gasteiger partial charge in [-0.05, 0) is 23.6 Å². The van der Waals surface area contributed by atoms with Crippen LogP contribution in [0.3, 0.4) is 0 Å². The van der Waals surface area contributed by atoms with Gasteiger partial charge in [0.1, 0.15) is 5.82 Å². The van der Waals surface area contributed by atoms with E-state index >= 15 is 0 Å². The van der Waals surface area contributed by atoms with Gasteiger partial charge in [-0.2, -0.15) is 0 Å². The van der Waals surface area contributed by atoms with Gasteiger partial charge < -0.3 is 11.1 Å². The molecule has 94 valence electrons. The monoisotopic (exact) mass is 264 g/mol. The standard InChI is InChI=1S/C13H13FN2OS/c14-12-6-9(13(15)17)3-4-10(12)7-16-8-11-2-1-5-18-11/h1-6,16H,7-8H2,(H2,15,17). The molecule has 1 aromatic heterocycles. The molecule has 0 spiro atoms. The second kappa shape index (κ2) is 5.75. The SMILES string of the molecule is NC(=O)c1ccc(CNCc2cccs2)c(F)c1. The van der Waals surface area contributed by atoms with Crippen LogP contribution >= 0.6 is 11.3 Å². The van der Waals surface area contributed by atoms with Gasteiger partial charge in [0.2, 0.25) is 5.91 Å². The average Bonchev–Trinajstić information content (AvgIpc) is 2.84. The molecule has 2 aromatic rings. The molecule has 3 N–H and O–H groups in total. The maximum absolute atomic E-state index is 13.6. The normalized spacial score (nSPS) is 10.5. The molecule has 0 unspecified atom stereocenters. The fourth-order valence-corrected chi connectivity index (χ4v) is 2.25. The Kier molecular flexibility index (Phi) is 4.07. The minimum atomic E-state index is -0.619. The highest BCUT2D eigenvalue weighted by molar-refractivity contribution is 7.09. The molecule has 0 aliphatic heterocycles. The molecule has 0 fully saturated rings. The molecule has 18 heavy (non-hydrogen) atoms. The summed E-state index contributed by atoms with van der Waals surface area (Å²) in [6, 6.07) is 8.28. The number of primary amides is 1. The summed E-state index contributed by atoms with van der Waals surface area (Å²) < 4.78 is 13.6. The predicted octanol–water partition coefficient (Wildman–Crippen LogP) is 2.28. The highest BCUT2D eigenvalue weighted by Crippen LogP contribution is 2.11. The van der Waals surface area contributed by atoms with Gasteiger partial charge in [0.15, 0.2) is 0 Å². The highest BCUT2D eigenvalue weighted by atomic mass is 32.1. The van der Waals surface area contributed by atoms with Gasteiger partial charge in [0.05, 0.1) is 0 Å². The van der Waals surface area contributed by atoms with Gasteiger partial charge in [-0.25, -0.2) is 4.39 Å². The van der Waals surface area contributed by atoms with Gasteiger partial charge in [0.25, 0.3) is 0 Å². The average molecular weight is 264 g/mol. The van der Waals surface area contributed by atoms with Crippen LogP contribution in [0.25, 0.3) is 0 Å². The molecule has 1 heterocycles. The van der Waals surface area contributed by atoms with Crippen molar-refractivity contribution in [1.29, 1.82) is 0 Å². The summed E-state index contributed by atoms with van der Waals surface area (Å²) >= 11 is 1.65. The summed E-state index contributed by atoms with van der Waals surface area (Å²) in [5.41, 5.74) is 5.79. The Labute approximate surface area is 108 Å². The summed E-state index contributed by atoms with van der Waals surface area (Å²) in [4.78, 5) is 12.1. The van der Waals surface area contributed by atoms with Crippen LogP contribution in [0.5, 0.6) is 0 Å². The summed E-state index contributed by atoms with van der Waals surface area (Å²) in [6.45, 7) is 1.12. The van der Waals surface area contributed by atoms with Gasteiger partial charge in [-0.3, -0.25) is 4.79 Å². The lowest BCUT2D eigenvalue weighted by Gasteiger charge is -2.06. The number of benzene rings is 1. The summed E-state index contributed by atoms with van der Waals surface area (Å²) in [6.07, 6.45) is 0. The number of nitrogens with one attached hydrogen (secondary N) is 1. The largest absolute Gasteiger partial charge is 0.366 e. The second-order valence-corrected chi connectivity index (χ2v) is 4.89. The Morgan fingerprint density at radius 1 is 1.33 bits per heavy atom. The molecule has 1 aromatic carbocycles. The van der Waals surface area contributed by atoms with Crippen molar-refractivity contribution in [3.63, 3.8) is 0 Å². The topological polar surface area (TPSA) is 55.1 Å². The van der Waals surface area contributed by atoms with Crippen LogP contribution in [0.4, 0.5) is 4.39 Å². The fourth-order valence-electron chi connectivity index (χ4n) is 1.58. The van der Waals surface area contributed by atoms with Crippen molar-refractivity contribution in [2.24, 2.45) is 5.73 Å². The number of nitrogens with two attached hydrogens (primary N) is 1. The molecule has 0 saturated heterocycles. The van der Waals surface area contributed by atoms with E-state index in [1.165, 1.54) is 17.0 Å².